The predicted octanol–water partition coefficient (Wildman–Crippen LogP) is 2.59. The van der Waals surface area contributed by atoms with E-state index in [4.69, 9.17) is 0 Å². The average molecular weight is 270 g/mol. The third kappa shape index (κ3) is 3.46. The minimum absolute atomic E-state index is 0.294. The van der Waals surface area contributed by atoms with E-state index in [0.717, 1.165) is 18.5 Å². The summed E-state index contributed by atoms with van der Waals surface area (Å²) in [5, 5.41) is 2.94. The third-order valence-electron chi connectivity index (χ3n) is 3.37. The predicted molar refractivity (Wildman–Crippen MR) is 75.3 cm³/mol. The number of anilines is 1. The van der Waals surface area contributed by atoms with Crippen molar-refractivity contribution in [3.8, 4) is 0 Å². The topological polar surface area (TPSA) is 58.2 Å². The second-order valence-electron chi connectivity index (χ2n) is 4.65. The second kappa shape index (κ2) is 5.71. The normalized spacial score (nSPS) is 12.4. The Kier molecular flexibility index (Phi) is 4.76. The van der Waals surface area contributed by atoms with E-state index in [0.29, 0.717) is 4.90 Å². The molecule has 1 rings (SSSR count). The van der Waals surface area contributed by atoms with Gasteiger partial charge in [-0.05, 0) is 38.0 Å². The van der Waals surface area contributed by atoms with Gasteiger partial charge < -0.3 is 5.32 Å². The molecule has 1 aromatic carbocycles. The summed E-state index contributed by atoms with van der Waals surface area (Å²) >= 11 is 0. The summed E-state index contributed by atoms with van der Waals surface area (Å²) in [5.74, 6) is 0. The maximum Gasteiger partial charge on any atom is 0.241 e. The Morgan fingerprint density at radius 1 is 1.22 bits per heavy atom. The zero-order valence-electron chi connectivity index (χ0n) is 11.4. The molecule has 0 unspecified atom stereocenters. The van der Waals surface area contributed by atoms with Crippen molar-refractivity contribution in [3.05, 3.63) is 24.3 Å². The molecule has 0 aliphatic heterocycles. The van der Waals surface area contributed by atoms with Gasteiger partial charge in [-0.15, -0.1) is 0 Å². The van der Waals surface area contributed by atoms with E-state index in [1.54, 1.807) is 25.2 Å². The van der Waals surface area contributed by atoms with Gasteiger partial charge in [0.05, 0.1) is 4.90 Å². The number of nitrogens with one attached hydrogen (secondary N) is 2. The lowest BCUT2D eigenvalue weighted by Gasteiger charge is -2.27. The lowest BCUT2D eigenvalue weighted by molar-refractivity contribution is 0.388. The van der Waals surface area contributed by atoms with Gasteiger partial charge in [-0.25, -0.2) is 13.1 Å². The van der Waals surface area contributed by atoms with E-state index >= 15 is 0 Å². The van der Waals surface area contributed by atoms with Crippen molar-refractivity contribution < 1.29 is 8.42 Å². The van der Waals surface area contributed by atoms with E-state index in [1.807, 2.05) is 26.8 Å². The molecule has 0 aliphatic rings. The van der Waals surface area contributed by atoms with E-state index in [2.05, 4.69) is 10.0 Å². The Balaban J connectivity index is 3.06. The highest BCUT2D eigenvalue weighted by molar-refractivity contribution is 7.89. The summed E-state index contributed by atoms with van der Waals surface area (Å²) in [6, 6.07) is 6.80. The highest BCUT2D eigenvalue weighted by Gasteiger charge is 2.27. The van der Waals surface area contributed by atoms with Crippen molar-refractivity contribution in [1.29, 1.82) is 0 Å². The minimum atomic E-state index is -3.46. The van der Waals surface area contributed by atoms with Crippen molar-refractivity contribution in [1.82, 2.24) is 4.72 Å². The average Bonchev–Trinajstić information content (AvgIpc) is 2.38. The Hall–Kier alpha value is -1.07. The van der Waals surface area contributed by atoms with Crippen LogP contribution in [0.15, 0.2) is 29.2 Å². The molecule has 1 aromatic rings. The summed E-state index contributed by atoms with van der Waals surface area (Å²) in [4.78, 5) is 0.294. The second-order valence-corrected chi connectivity index (χ2v) is 6.33. The highest BCUT2D eigenvalue weighted by atomic mass is 32.2. The summed E-state index contributed by atoms with van der Waals surface area (Å²) in [6.07, 6.45) is 1.52. The fourth-order valence-electron chi connectivity index (χ4n) is 1.60. The van der Waals surface area contributed by atoms with Crippen LogP contribution in [0.3, 0.4) is 0 Å². The Labute approximate surface area is 110 Å². The van der Waals surface area contributed by atoms with E-state index in [-0.39, 0.29) is 0 Å². The van der Waals surface area contributed by atoms with Crippen LogP contribution in [-0.4, -0.2) is 21.0 Å². The number of sulfonamides is 1. The van der Waals surface area contributed by atoms with Gasteiger partial charge in [0.1, 0.15) is 0 Å². The van der Waals surface area contributed by atoms with Crippen molar-refractivity contribution in [2.24, 2.45) is 0 Å². The van der Waals surface area contributed by atoms with E-state index < -0.39 is 15.6 Å². The molecule has 2 N–H and O–H groups in total. The van der Waals surface area contributed by atoms with Crippen molar-refractivity contribution in [2.75, 3.05) is 12.4 Å². The third-order valence-corrected chi connectivity index (χ3v) is 5.01. The summed E-state index contributed by atoms with van der Waals surface area (Å²) < 4.78 is 27.4. The monoisotopic (exact) mass is 270 g/mol. The standard InChI is InChI=1S/C13H22N2O2S/c1-5-13(3,6-2)15-18(16,17)12-9-7-8-11(10-12)14-4/h7-10,14-15H,5-6H2,1-4H3. The molecule has 18 heavy (non-hydrogen) atoms. The molecule has 0 amide bonds. The van der Waals surface area contributed by atoms with Crippen molar-refractivity contribution in [2.45, 2.75) is 44.0 Å². The molecule has 5 heteroatoms. The zero-order valence-corrected chi connectivity index (χ0v) is 12.3. The zero-order chi connectivity index (χ0) is 13.8. The number of benzene rings is 1. The largest absolute Gasteiger partial charge is 0.388 e. The molecule has 0 aromatic heterocycles. The molecule has 102 valence electrons. The van der Waals surface area contributed by atoms with Gasteiger partial charge in [0, 0.05) is 18.3 Å². The van der Waals surface area contributed by atoms with Crippen LogP contribution in [0.2, 0.25) is 0 Å². The first-order valence-corrected chi connectivity index (χ1v) is 7.67. The first-order chi connectivity index (χ1) is 8.37. The SMILES string of the molecule is CCC(C)(CC)NS(=O)(=O)c1cccc(NC)c1. The lowest BCUT2D eigenvalue weighted by atomic mass is 9.98. The number of hydrogen-bond donors (Lipinski definition) is 2. The summed E-state index contributed by atoms with van der Waals surface area (Å²) in [5.41, 5.74) is 0.390. The van der Waals surface area contributed by atoms with Gasteiger partial charge in [-0.2, -0.15) is 0 Å². The van der Waals surface area contributed by atoms with E-state index in [9.17, 15) is 8.42 Å². The van der Waals surface area contributed by atoms with Crippen LogP contribution >= 0.6 is 0 Å². The fourth-order valence-corrected chi connectivity index (χ4v) is 3.19. The van der Waals surface area contributed by atoms with Gasteiger partial charge in [-0.3, -0.25) is 0 Å². The van der Waals surface area contributed by atoms with Gasteiger partial charge in [0.25, 0.3) is 0 Å². The molecule has 0 spiro atoms. The smallest absolute Gasteiger partial charge is 0.241 e. The number of rotatable bonds is 6. The molecule has 0 radical (unpaired) electrons. The summed E-state index contributed by atoms with van der Waals surface area (Å²) in [7, 11) is -1.70. The van der Waals surface area contributed by atoms with E-state index in [1.165, 1.54) is 0 Å². The molecule has 0 saturated heterocycles. The number of hydrogen-bond acceptors (Lipinski definition) is 3. The minimum Gasteiger partial charge on any atom is -0.388 e. The maximum absolute atomic E-state index is 12.3. The van der Waals surface area contributed by atoms with Crippen LogP contribution in [0.25, 0.3) is 0 Å². The molecule has 0 heterocycles. The van der Waals surface area contributed by atoms with Crippen molar-refractivity contribution in [3.63, 3.8) is 0 Å². The molecule has 0 fully saturated rings. The maximum atomic E-state index is 12.3. The molecule has 0 bridgehead atoms. The Morgan fingerprint density at radius 2 is 1.83 bits per heavy atom. The van der Waals surface area contributed by atoms with Crippen LogP contribution in [0.1, 0.15) is 33.6 Å². The molecule has 0 atom stereocenters. The fraction of sp³-hybridized carbons (Fsp3) is 0.538. The molecule has 0 aliphatic carbocycles. The molecular formula is C13H22N2O2S. The quantitative estimate of drug-likeness (QED) is 0.835. The van der Waals surface area contributed by atoms with Crippen LogP contribution in [0.4, 0.5) is 5.69 Å². The molecule has 4 nitrogen and oxygen atoms in total. The highest BCUT2D eigenvalue weighted by Crippen LogP contribution is 2.20. The van der Waals surface area contributed by atoms with Crippen LogP contribution in [-0.2, 0) is 10.0 Å². The van der Waals surface area contributed by atoms with Gasteiger partial charge >= 0.3 is 0 Å². The van der Waals surface area contributed by atoms with Gasteiger partial charge in [-0.1, -0.05) is 19.9 Å². The Bertz CT molecular complexity index is 493. The first-order valence-electron chi connectivity index (χ1n) is 6.18. The van der Waals surface area contributed by atoms with Crippen molar-refractivity contribution >= 4 is 15.7 Å². The van der Waals surface area contributed by atoms with Crippen LogP contribution < -0.4 is 10.0 Å². The lowest BCUT2D eigenvalue weighted by Crippen LogP contribution is -2.44. The van der Waals surface area contributed by atoms with Gasteiger partial charge in [0.15, 0.2) is 0 Å². The Morgan fingerprint density at radius 3 is 2.33 bits per heavy atom. The first kappa shape index (κ1) is 15.0. The van der Waals surface area contributed by atoms with Crippen LogP contribution in [0, 0.1) is 0 Å². The summed E-state index contributed by atoms with van der Waals surface area (Å²) in [6.45, 7) is 5.89. The molecule has 0 saturated carbocycles. The van der Waals surface area contributed by atoms with Crippen LogP contribution in [0.5, 0.6) is 0 Å². The van der Waals surface area contributed by atoms with Gasteiger partial charge in [0.2, 0.25) is 10.0 Å². The molecular weight excluding hydrogens is 248 g/mol.